The van der Waals surface area contributed by atoms with Gasteiger partial charge in [-0.1, -0.05) is 23.4 Å². The van der Waals surface area contributed by atoms with E-state index < -0.39 is 0 Å². The number of hydrogen-bond donors (Lipinski definition) is 1. The van der Waals surface area contributed by atoms with Crippen molar-refractivity contribution in [2.75, 3.05) is 18.2 Å². The molecule has 4 aromatic rings. The summed E-state index contributed by atoms with van der Waals surface area (Å²) in [5.41, 5.74) is 2.57. The second kappa shape index (κ2) is 12.1. The SMILES string of the molecule is COc1ccc(-n2c(COc3ccc(Cl)cc3)nnc2SCC(=O)Nc2c(Br)cc(C)cc2Br)cc1. The molecule has 0 unspecified atom stereocenters. The monoisotopic (exact) mass is 650 g/mol. The van der Waals surface area contributed by atoms with E-state index >= 15 is 0 Å². The van der Waals surface area contributed by atoms with Gasteiger partial charge in [-0.2, -0.15) is 0 Å². The molecule has 0 saturated carbocycles. The molecule has 1 heterocycles. The molecular formula is C25H21Br2ClN4O3S. The zero-order chi connectivity index (χ0) is 25.7. The van der Waals surface area contributed by atoms with Gasteiger partial charge in [-0.05, 0) is 105 Å². The molecule has 11 heteroatoms. The Bertz CT molecular complexity index is 1340. The van der Waals surface area contributed by atoms with E-state index in [0.29, 0.717) is 27.4 Å². The molecule has 7 nitrogen and oxygen atoms in total. The van der Waals surface area contributed by atoms with Crippen LogP contribution in [0.15, 0.2) is 74.8 Å². The van der Waals surface area contributed by atoms with Gasteiger partial charge in [0.2, 0.25) is 5.91 Å². The van der Waals surface area contributed by atoms with Gasteiger partial charge < -0.3 is 14.8 Å². The lowest BCUT2D eigenvalue weighted by Gasteiger charge is -2.13. The maximum Gasteiger partial charge on any atom is 0.234 e. The minimum atomic E-state index is -0.173. The van der Waals surface area contributed by atoms with Gasteiger partial charge in [-0.15, -0.1) is 10.2 Å². The van der Waals surface area contributed by atoms with E-state index in [1.54, 1.807) is 31.4 Å². The number of carbonyl (C=O) groups excluding carboxylic acids is 1. The van der Waals surface area contributed by atoms with Gasteiger partial charge in [0, 0.05) is 19.7 Å². The number of carbonyl (C=O) groups is 1. The number of halogens is 3. The predicted molar refractivity (Wildman–Crippen MR) is 150 cm³/mol. The Morgan fingerprint density at radius 1 is 1.03 bits per heavy atom. The molecule has 0 aliphatic carbocycles. The molecule has 0 aliphatic rings. The van der Waals surface area contributed by atoms with Crippen LogP contribution in [0.1, 0.15) is 11.4 Å². The number of aryl methyl sites for hydroxylation is 1. The highest BCUT2D eigenvalue weighted by Crippen LogP contribution is 2.33. The standard InChI is InChI=1S/C25H21Br2ClN4O3S/c1-15-11-20(26)24(21(27)12-15)29-23(33)14-36-25-31-30-22(13-35-19-7-3-16(28)4-8-19)32(25)17-5-9-18(34-2)10-6-17/h3-12H,13-14H2,1-2H3,(H,29,33). The minimum absolute atomic E-state index is 0.138. The summed E-state index contributed by atoms with van der Waals surface area (Å²) in [6, 6.07) is 18.5. The lowest BCUT2D eigenvalue weighted by Crippen LogP contribution is -2.15. The van der Waals surface area contributed by atoms with E-state index in [0.717, 1.165) is 25.9 Å². The van der Waals surface area contributed by atoms with Crippen LogP contribution in [-0.4, -0.2) is 33.5 Å². The Labute approximate surface area is 234 Å². The number of aromatic nitrogens is 3. The smallest absolute Gasteiger partial charge is 0.234 e. The summed E-state index contributed by atoms with van der Waals surface area (Å²) in [4.78, 5) is 12.8. The van der Waals surface area contributed by atoms with E-state index in [1.807, 2.05) is 47.9 Å². The lowest BCUT2D eigenvalue weighted by molar-refractivity contribution is -0.113. The number of hydrogen-bond acceptors (Lipinski definition) is 6. The van der Waals surface area contributed by atoms with Crippen LogP contribution in [0.4, 0.5) is 5.69 Å². The van der Waals surface area contributed by atoms with Crippen molar-refractivity contribution in [2.45, 2.75) is 18.7 Å². The van der Waals surface area contributed by atoms with Gasteiger partial charge in [-0.25, -0.2) is 0 Å². The van der Waals surface area contributed by atoms with E-state index in [9.17, 15) is 4.79 Å². The topological polar surface area (TPSA) is 78.3 Å². The van der Waals surface area contributed by atoms with E-state index in [-0.39, 0.29) is 18.3 Å². The summed E-state index contributed by atoms with van der Waals surface area (Å²) in [6.45, 7) is 2.16. The summed E-state index contributed by atoms with van der Waals surface area (Å²) in [5, 5.41) is 12.8. The molecule has 4 rings (SSSR count). The second-order valence-electron chi connectivity index (χ2n) is 7.62. The Morgan fingerprint density at radius 3 is 2.31 bits per heavy atom. The summed E-state index contributed by atoms with van der Waals surface area (Å²) in [6.07, 6.45) is 0. The van der Waals surface area contributed by atoms with Crippen molar-refractivity contribution in [3.63, 3.8) is 0 Å². The Kier molecular flexibility index (Phi) is 8.95. The first-order valence-corrected chi connectivity index (χ1v) is 13.6. The fourth-order valence-electron chi connectivity index (χ4n) is 3.28. The van der Waals surface area contributed by atoms with Crippen molar-refractivity contribution in [1.29, 1.82) is 0 Å². The molecule has 1 aromatic heterocycles. The molecule has 186 valence electrons. The molecular weight excluding hydrogens is 632 g/mol. The van der Waals surface area contributed by atoms with Crippen LogP contribution in [0, 0.1) is 6.92 Å². The van der Waals surface area contributed by atoms with Crippen molar-refractivity contribution in [3.8, 4) is 17.2 Å². The van der Waals surface area contributed by atoms with Crippen LogP contribution in [0.2, 0.25) is 5.02 Å². The van der Waals surface area contributed by atoms with Gasteiger partial charge >= 0.3 is 0 Å². The number of rotatable bonds is 9. The Hall–Kier alpha value is -2.53. The van der Waals surface area contributed by atoms with Crippen molar-refractivity contribution >= 4 is 66.8 Å². The van der Waals surface area contributed by atoms with Crippen molar-refractivity contribution < 1.29 is 14.3 Å². The zero-order valence-electron chi connectivity index (χ0n) is 19.3. The van der Waals surface area contributed by atoms with Gasteiger partial charge in [0.25, 0.3) is 0 Å². The minimum Gasteiger partial charge on any atom is -0.497 e. The van der Waals surface area contributed by atoms with Crippen LogP contribution in [0.25, 0.3) is 5.69 Å². The van der Waals surface area contributed by atoms with Gasteiger partial charge in [0.05, 0.1) is 18.6 Å². The van der Waals surface area contributed by atoms with E-state index in [1.165, 1.54) is 11.8 Å². The third-order valence-corrected chi connectivity index (χ3v) is 7.43. The highest BCUT2D eigenvalue weighted by Gasteiger charge is 2.18. The van der Waals surface area contributed by atoms with Crippen molar-refractivity contribution in [3.05, 3.63) is 86.0 Å². The normalized spacial score (nSPS) is 10.8. The van der Waals surface area contributed by atoms with E-state index in [4.69, 9.17) is 21.1 Å². The van der Waals surface area contributed by atoms with Crippen LogP contribution < -0.4 is 14.8 Å². The van der Waals surface area contributed by atoms with Crippen LogP contribution in [0.3, 0.4) is 0 Å². The number of thioether (sulfide) groups is 1. The number of methoxy groups -OCH3 is 1. The average Bonchev–Trinajstić information content (AvgIpc) is 3.27. The van der Waals surface area contributed by atoms with Crippen molar-refractivity contribution in [2.24, 2.45) is 0 Å². The summed E-state index contributed by atoms with van der Waals surface area (Å²) in [5.74, 6) is 1.94. The summed E-state index contributed by atoms with van der Waals surface area (Å²) >= 11 is 14.3. The molecule has 0 bridgehead atoms. The molecule has 0 spiro atoms. The van der Waals surface area contributed by atoms with Gasteiger partial charge in [-0.3, -0.25) is 9.36 Å². The molecule has 0 fully saturated rings. The van der Waals surface area contributed by atoms with Crippen LogP contribution >= 0.6 is 55.2 Å². The van der Waals surface area contributed by atoms with Crippen molar-refractivity contribution in [1.82, 2.24) is 14.8 Å². The number of ether oxygens (including phenoxy) is 2. The first-order valence-electron chi connectivity index (χ1n) is 10.7. The molecule has 3 aromatic carbocycles. The number of nitrogens with zero attached hydrogens (tertiary/aromatic N) is 3. The molecule has 0 radical (unpaired) electrons. The maximum absolute atomic E-state index is 12.8. The fourth-order valence-corrected chi connectivity index (χ4v) is 5.79. The Morgan fingerprint density at radius 2 is 1.67 bits per heavy atom. The average molecular weight is 653 g/mol. The third kappa shape index (κ3) is 6.61. The molecule has 0 atom stereocenters. The molecule has 0 saturated heterocycles. The molecule has 1 amide bonds. The zero-order valence-corrected chi connectivity index (χ0v) is 24.0. The molecule has 0 aliphatic heterocycles. The van der Waals surface area contributed by atoms with Crippen LogP contribution in [-0.2, 0) is 11.4 Å². The summed E-state index contributed by atoms with van der Waals surface area (Å²) in [7, 11) is 1.61. The highest BCUT2D eigenvalue weighted by molar-refractivity contribution is 9.11. The Balaban J connectivity index is 1.53. The number of amides is 1. The molecule has 1 N–H and O–H groups in total. The number of benzene rings is 3. The maximum atomic E-state index is 12.8. The predicted octanol–water partition coefficient (Wildman–Crippen LogP) is 7.07. The first-order chi connectivity index (χ1) is 17.3. The third-order valence-electron chi connectivity index (χ3n) is 5.00. The van der Waals surface area contributed by atoms with E-state index in [2.05, 4.69) is 47.4 Å². The highest BCUT2D eigenvalue weighted by atomic mass is 79.9. The second-order valence-corrected chi connectivity index (χ2v) is 10.7. The number of nitrogens with one attached hydrogen (secondary N) is 1. The quantitative estimate of drug-likeness (QED) is 0.195. The fraction of sp³-hybridized carbons (Fsp3) is 0.160. The molecule has 36 heavy (non-hydrogen) atoms. The summed E-state index contributed by atoms with van der Waals surface area (Å²) < 4.78 is 14.7. The number of anilines is 1. The van der Waals surface area contributed by atoms with Gasteiger partial charge in [0.1, 0.15) is 18.1 Å². The first kappa shape index (κ1) is 26.5. The van der Waals surface area contributed by atoms with Gasteiger partial charge in [0.15, 0.2) is 11.0 Å². The largest absolute Gasteiger partial charge is 0.497 e. The lowest BCUT2D eigenvalue weighted by atomic mass is 10.2. The van der Waals surface area contributed by atoms with Crippen LogP contribution in [0.5, 0.6) is 11.5 Å².